The third-order valence-corrected chi connectivity index (χ3v) is 3.38. The Morgan fingerprint density at radius 1 is 1.47 bits per heavy atom. The van der Waals surface area contributed by atoms with Gasteiger partial charge in [0, 0.05) is 0 Å². The molecule has 0 bridgehead atoms. The van der Waals surface area contributed by atoms with Crippen molar-refractivity contribution in [1.82, 2.24) is 0 Å². The molecule has 0 aliphatic carbocycles. The molecule has 17 heavy (non-hydrogen) atoms. The molecule has 1 aromatic heterocycles. The van der Waals surface area contributed by atoms with E-state index in [1.165, 1.54) is 0 Å². The Morgan fingerprint density at radius 3 is 2.47 bits per heavy atom. The van der Waals surface area contributed by atoms with Gasteiger partial charge in [-0.2, -0.15) is 0 Å². The Hall–Kier alpha value is -1.29. The van der Waals surface area contributed by atoms with Crippen LogP contribution in [0.5, 0.6) is 0 Å². The fourth-order valence-corrected chi connectivity index (χ4v) is 2.32. The highest BCUT2D eigenvalue weighted by atomic mass is 16.5. The number of rotatable bonds is 4. The summed E-state index contributed by atoms with van der Waals surface area (Å²) in [6.45, 7) is 6.45. The van der Waals surface area contributed by atoms with Gasteiger partial charge in [0.15, 0.2) is 0 Å². The van der Waals surface area contributed by atoms with Gasteiger partial charge in [-0.25, -0.2) is 0 Å². The molecular formula is C13H18O4. The molecule has 1 aliphatic heterocycles. The average molecular weight is 238 g/mol. The van der Waals surface area contributed by atoms with Crippen LogP contribution in [0.1, 0.15) is 31.8 Å². The monoisotopic (exact) mass is 238 g/mol. The molecule has 0 aromatic carbocycles. The molecule has 0 radical (unpaired) electrons. The molecule has 0 unspecified atom stereocenters. The number of hydrogen-bond donors (Lipinski definition) is 1. The summed E-state index contributed by atoms with van der Waals surface area (Å²) in [6, 6.07) is 3.83. The number of aryl methyl sites for hydroxylation is 1. The van der Waals surface area contributed by atoms with E-state index in [4.69, 9.17) is 9.15 Å². The zero-order valence-corrected chi connectivity index (χ0v) is 10.4. The van der Waals surface area contributed by atoms with Crippen LogP contribution in [0.2, 0.25) is 0 Å². The van der Waals surface area contributed by atoms with Gasteiger partial charge < -0.3 is 14.3 Å². The van der Waals surface area contributed by atoms with Crippen molar-refractivity contribution in [1.29, 1.82) is 0 Å². The summed E-state index contributed by atoms with van der Waals surface area (Å²) in [5.41, 5.74) is -1.04. The first-order valence-corrected chi connectivity index (χ1v) is 5.74. The molecule has 4 heteroatoms. The van der Waals surface area contributed by atoms with Crippen LogP contribution in [0.4, 0.5) is 0 Å². The van der Waals surface area contributed by atoms with Crippen molar-refractivity contribution in [2.24, 2.45) is 5.41 Å². The third kappa shape index (κ3) is 2.09. The summed E-state index contributed by atoms with van der Waals surface area (Å²) in [6.07, 6.45) is 0.530. The van der Waals surface area contributed by atoms with Gasteiger partial charge in [-0.1, -0.05) is 0 Å². The fraction of sp³-hybridized carbons (Fsp3) is 0.615. The van der Waals surface area contributed by atoms with Crippen LogP contribution in [0.15, 0.2) is 16.5 Å². The van der Waals surface area contributed by atoms with E-state index >= 15 is 0 Å². The normalized spacial score (nSPS) is 18.8. The minimum Gasteiger partial charge on any atom is -0.481 e. The highest BCUT2D eigenvalue weighted by Gasteiger charge is 2.48. The van der Waals surface area contributed by atoms with Crippen molar-refractivity contribution in [3.63, 3.8) is 0 Å². The Labute approximate surface area is 101 Å². The third-order valence-electron chi connectivity index (χ3n) is 3.38. The molecule has 1 N–H and O–H groups in total. The van der Waals surface area contributed by atoms with Gasteiger partial charge in [-0.3, -0.25) is 4.79 Å². The molecular weight excluding hydrogens is 220 g/mol. The first kappa shape index (κ1) is 12.2. The van der Waals surface area contributed by atoms with Gasteiger partial charge in [0.2, 0.25) is 0 Å². The molecule has 1 aromatic rings. The van der Waals surface area contributed by atoms with Crippen molar-refractivity contribution in [2.45, 2.75) is 32.6 Å². The molecule has 94 valence electrons. The lowest BCUT2D eigenvalue weighted by atomic mass is 9.70. The second kappa shape index (κ2) is 3.88. The zero-order valence-electron chi connectivity index (χ0n) is 10.4. The molecule has 1 fully saturated rings. The number of carboxylic acid groups (broad SMARTS) is 1. The summed E-state index contributed by atoms with van der Waals surface area (Å²) in [4.78, 5) is 11.2. The largest absolute Gasteiger partial charge is 0.481 e. The number of ether oxygens (including phenoxy) is 1. The van der Waals surface area contributed by atoms with E-state index in [0.717, 1.165) is 11.5 Å². The topological polar surface area (TPSA) is 59.7 Å². The molecule has 1 saturated heterocycles. The molecule has 0 amide bonds. The van der Waals surface area contributed by atoms with Crippen LogP contribution in [0.25, 0.3) is 0 Å². The zero-order chi connectivity index (χ0) is 12.7. The van der Waals surface area contributed by atoms with Crippen molar-refractivity contribution in [3.05, 3.63) is 23.7 Å². The maximum Gasteiger partial charge on any atom is 0.309 e. The number of furan rings is 1. The number of hydrogen-bond acceptors (Lipinski definition) is 3. The van der Waals surface area contributed by atoms with E-state index in [0.29, 0.717) is 19.6 Å². The maximum atomic E-state index is 11.2. The number of aliphatic carboxylic acids is 1. The first-order valence-electron chi connectivity index (χ1n) is 5.74. The molecule has 2 rings (SSSR count). The number of carboxylic acids is 1. The summed E-state index contributed by atoms with van der Waals surface area (Å²) >= 11 is 0. The van der Waals surface area contributed by atoms with E-state index in [1.807, 2.05) is 19.1 Å². The lowest BCUT2D eigenvalue weighted by Crippen LogP contribution is -2.50. The van der Waals surface area contributed by atoms with Crippen LogP contribution >= 0.6 is 0 Å². The van der Waals surface area contributed by atoms with Crippen molar-refractivity contribution in [2.75, 3.05) is 13.2 Å². The smallest absolute Gasteiger partial charge is 0.309 e. The van der Waals surface area contributed by atoms with Crippen molar-refractivity contribution in [3.8, 4) is 0 Å². The van der Waals surface area contributed by atoms with E-state index < -0.39 is 11.4 Å². The van der Waals surface area contributed by atoms with Crippen LogP contribution in [-0.4, -0.2) is 24.3 Å². The van der Waals surface area contributed by atoms with E-state index in [9.17, 15) is 9.90 Å². The van der Waals surface area contributed by atoms with E-state index in [2.05, 4.69) is 0 Å². The summed E-state index contributed by atoms with van der Waals surface area (Å²) in [5.74, 6) is 0.905. The van der Waals surface area contributed by atoms with Gasteiger partial charge in [0.1, 0.15) is 11.5 Å². The summed E-state index contributed by atoms with van der Waals surface area (Å²) in [7, 11) is 0. The number of carbonyl (C=O) groups is 1. The summed E-state index contributed by atoms with van der Waals surface area (Å²) < 4.78 is 10.9. The van der Waals surface area contributed by atoms with Crippen LogP contribution < -0.4 is 0 Å². The summed E-state index contributed by atoms with van der Waals surface area (Å²) in [5, 5.41) is 9.20. The van der Waals surface area contributed by atoms with Gasteiger partial charge >= 0.3 is 5.97 Å². The second-order valence-corrected chi connectivity index (χ2v) is 5.55. The van der Waals surface area contributed by atoms with Crippen LogP contribution in [0, 0.1) is 12.3 Å². The lowest BCUT2D eigenvalue weighted by molar-refractivity contribution is -0.153. The minimum absolute atomic E-state index is 0.268. The lowest BCUT2D eigenvalue weighted by Gasteiger charge is -2.43. The predicted molar refractivity (Wildman–Crippen MR) is 62.0 cm³/mol. The standard InChI is InChI=1S/C13H18O4/c1-9-4-5-10(17-9)13(7-16-8-13)6-12(2,3)11(14)15/h4-5H,6-8H2,1-3H3,(H,14,15). The van der Waals surface area contributed by atoms with Crippen LogP contribution in [-0.2, 0) is 14.9 Å². The Balaban J connectivity index is 2.24. The first-order chi connectivity index (χ1) is 7.86. The van der Waals surface area contributed by atoms with Gasteiger partial charge in [-0.05, 0) is 39.3 Å². The van der Waals surface area contributed by atoms with Crippen molar-refractivity contribution < 1.29 is 19.1 Å². The minimum atomic E-state index is -0.785. The molecule has 0 spiro atoms. The van der Waals surface area contributed by atoms with Gasteiger partial charge in [0.25, 0.3) is 0 Å². The molecule has 0 atom stereocenters. The molecule has 0 saturated carbocycles. The van der Waals surface area contributed by atoms with Gasteiger partial charge in [0.05, 0.1) is 24.0 Å². The fourth-order valence-electron chi connectivity index (χ4n) is 2.32. The van der Waals surface area contributed by atoms with Gasteiger partial charge in [-0.15, -0.1) is 0 Å². The predicted octanol–water partition coefficient (Wildman–Crippen LogP) is 2.36. The van der Waals surface area contributed by atoms with E-state index in [1.54, 1.807) is 13.8 Å². The Kier molecular flexibility index (Phi) is 2.78. The second-order valence-electron chi connectivity index (χ2n) is 5.55. The quantitative estimate of drug-likeness (QED) is 0.874. The van der Waals surface area contributed by atoms with E-state index in [-0.39, 0.29) is 5.41 Å². The maximum absolute atomic E-state index is 11.2. The molecule has 1 aliphatic rings. The molecule has 4 nitrogen and oxygen atoms in total. The SMILES string of the molecule is Cc1ccc(C2(CC(C)(C)C(=O)O)COC2)o1. The average Bonchev–Trinajstić information content (AvgIpc) is 2.58. The Bertz CT molecular complexity index is 426. The highest BCUT2D eigenvalue weighted by molar-refractivity contribution is 5.73. The molecule has 2 heterocycles. The van der Waals surface area contributed by atoms with Crippen molar-refractivity contribution >= 4 is 5.97 Å². The highest BCUT2D eigenvalue weighted by Crippen LogP contribution is 2.43. The van der Waals surface area contributed by atoms with Crippen LogP contribution in [0.3, 0.4) is 0 Å². The Morgan fingerprint density at radius 2 is 2.12 bits per heavy atom.